The van der Waals surface area contributed by atoms with Crippen LogP contribution < -0.4 is 5.73 Å². The van der Waals surface area contributed by atoms with E-state index >= 15 is 0 Å². The standard InChI is InChI=1S/C18H21N5O2/c1-13(24)22-8-5-9-23(11-10-22)17(25)15-12-20-18(19)21-16(15)14-6-3-2-4-7-14/h2-4,6-7,12H,5,8-11H2,1H3,(H2,19,20,21). The average molecular weight is 339 g/mol. The van der Waals surface area contributed by atoms with Crippen molar-refractivity contribution in [2.24, 2.45) is 0 Å². The maximum atomic E-state index is 13.0. The molecule has 1 aliphatic heterocycles. The van der Waals surface area contributed by atoms with Crippen LogP contribution in [0.15, 0.2) is 36.5 Å². The molecule has 0 saturated carbocycles. The Balaban J connectivity index is 1.89. The highest BCUT2D eigenvalue weighted by atomic mass is 16.2. The summed E-state index contributed by atoms with van der Waals surface area (Å²) < 4.78 is 0. The summed E-state index contributed by atoms with van der Waals surface area (Å²) in [5.41, 5.74) is 7.51. The Morgan fingerprint density at radius 2 is 1.72 bits per heavy atom. The molecule has 2 aromatic rings. The fourth-order valence-electron chi connectivity index (χ4n) is 2.97. The molecule has 2 amide bonds. The summed E-state index contributed by atoms with van der Waals surface area (Å²) in [7, 11) is 0. The molecule has 7 heteroatoms. The van der Waals surface area contributed by atoms with Crippen molar-refractivity contribution < 1.29 is 9.59 Å². The number of nitrogens with two attached hydrogens (primary N) is 1. The largest absolute Gasteiger partial charge is 0.368 e. The second-order valence-electron chi connectivity index (χ2n) is 6.01. The summed E-state index contributed by atoms with van der Waals surface area (Å²) in [6.45, 7) is 3.86. The second-order valence-corrected chi connectivity index (χ2v) is 6.01. The van der Waals surface area contributed by atoms with Crippen molar-refractivity contribution in [3.8, 4) is 11.3 Å². The lowest BCUT2D eigenvalue weighted by molar-refractivity contribution is -0.128. The number of aromatic nitrogens is 2. The maximum Gasteiger partial charge on any atom is 0.257 e. The van der Waals surface area contributed by atoms with Gasteiger partial charge in [-0.15, -0.1) is 0 Å². The minimum absolute atomic E-state index is 0.0371. The smallest absolute Gasteiger partial charge is 0.257 e. The van der Waals surface area contributed by atoms with Crippen LogP contribution in [-0.2, 0) is 4.79 Å². The monoisotopic (exact) mass is 339 g/mol. The number of amides is 2. The molecular formula is C18H21N5O2. The Bertz CT molecular complexity index is 778. The summed E-state index contributed by atoms with van der Waals surface area (Å²) in [6.07, 6.45) is 2.24. The summed E-state index contributed by atoms with van der Waals surface area (Å²) >= 11 is 0. The van der Waals surface area contributed by atoms with E-state index in [1.807, 2.05) is 30.3 Å². The highest BCUT2D eigenvalue weighted by Crippen LogP contribution is 2.23. The Kier molecular flexibility index (Phi) is 4.92. The molecule has 1 aliphatic rings. The van der Waals surface area contributed by atoms with Gasteiger partial charge < -0.3 is 15.5 Å². The van der Waals surface area contributed by atoms with E-state index in [0.717, 1.165) is 12.0 Å². The molecule has 0 radical (unpaired) electrons. The van der Waals surface area contributed by atoms with Gasteiger partial charge in [0.2, 0.25) is 11.9 Å². The minimum Gasteiger partial charge on any atom is -0.368 e. The van der Waals surface area contributed by atoms with Gasteiger partial charge in [-0.25, -0.2) is 9.97 Å². The molecule has 0 atom stereocenters. The zero-order chi connectivity index (χ0) is 17.8. The molecule has 2 N–H and O–H groups in total. The highest BCUT2D eigenvalue weighted by molar-refractivity contribution is 5.99. The number of hydrogen-bond acceptors (Lipinski definition) is 5. The van der Waals surface area contributed by atoms with Crippen LogP contribution >= 0.6 is 0 Å². The Morgan fingerprint density at radius 3 is 2.44 bits per heavy atom. The van der Waals surface area contributed by atoms with Gasteiger partial charge in [-0.2, -0.15) is 0 Å². The van der Waals surface area contributed by atoms with Gasteiger partial charge in [-0.05, 0) is 6.42 Å². The predicted molar refractivity (Wildman–Crippen MR) is 94.7 cm³/mol. The number of carbonyl (C=O) groups excluding carboxylic acids is 2. The lowest BCUT2D eigenvalue weighted by Gasteiger charge is -2.22. The number of anilines is 1. The van der Waals surface area contributed by atoms with Crippen LogP contribution in [0.4, 0.5) is 5.95 Å². The third-order valence-corrected chi connectivity index (χ3v) is 4.31. The van der Waals surface area contributed by atoms with Gasteiger partial charge in [0, 0.05) is 44.9 Å². The van der Waals surface area contributed by atoms with Crippen LogP contribution in [0.25, 0.3) is 11.3 Å². The first-order valence-electron chi connectivity index (χ1n) is 8.29. The van der Waals surface area contributed by atoms with Crippen molar-refractivity contribution in [3.05, 3.63) is 42.1 Å². The van der Waals surface area contributed by atoms with Gasteiger partial charge in [-0.3, -0.25) is 9.59 Å². The van der Waals surface area contributed by atoms with Crippen LogP contribution in [0.1, 0.15) is 23.7 Å². The Hall–Kier alpha value is -2.96. The van der Waals surface area contributed by atoms with Crippen LogP contribution in [0, 0.1) is 0 Å². The number of rotatable bonds is 2. The van der Waals surface area contributed by atoms with Gasteiger partial charge in [-0.1, -0.05) is 30.3 Å². The van der Waals surface area contributed by atoms with E-state index in [4.69, 9.17) is 5.73 Å². The van der Waals surface area contributed by atoms with Crippen LogP contribution in [0.3, 0.4) is 0 Å². The summed E-state index contributed by atoms with van der Waals surface area (Å²) in [5, 5.41) is 0. The molecule has 0 bridgehead atoms. The number of nitrogens with zero attached hydrogens (tertiary/aromatic N) is 4. The van der Waals surface area contributed by atoms with Gasteiger partial charge >= 0.3 is 0 Å². The molecule has 3 rings (SSSR count). The summed E-state index contributed by atoms with van der Waals surface area (Å²) in [5.74, 6) is 0.0355. The minimum atomic E-state index is -0.135. The Morgan fingerprint density at radius 1 is 1.04 bits per heavy atom. The van der Waals surface area contributed by atoms with Crippen LogP contribution in [0.2, 0.25) is 0 Å². The molecule has 1 aromatic heterocycles. The van der Waals surface area contributed by atoms with E-state index in [0.29, 0.717) is 37.4 Å². The van der Waals surface area contributed by atoms with Gasteiger partial charge in [0.05, 0.1) is 11.3 Å². The summed E-state index contributed by atoms with van der Waals surface area (Å²) in [6, 6.07) is 9.45. The lowest BCUT2D eigenvalue weighted by atomic mass is 10.1. The van der Waals surface area contributed by atoms with Crippen LogP contribution in [-0.4, -0.2) is 57.8 Å². The normalized spacial score (nSPS) is 14.9. The van der Waals surface area contributed by atoms with Crippen molar-refractivity contribution in [1.82, 2.24) is 19.8 Å². The van der Waals surface area contributed by atoms with E-state index in [9.17, 15) is 9.59 Å². The fraction of sp³-hybridized carbons (Fsp3) is 0.333. The van der Waals surface area contributed by atoms with Crippen molar-refractivity contribution in [3.63, 3.8) is 0 Å². The first-order chi connectivity index (χ1) is 12.1. The molecule has 2 heterocycles. The molecule has 1 aromatic carbocycles. The quantitative estimate of drug-likeness (QED) is 0.893. The van der Waals surface area contributed by atoms with Crippen molar-refractivity contribution in [2.75, 3.05) is 31.9 Å². The van der Waals surface area contributed by atoms with Gasteiger partial charge in [0.1, 0.15) is 0 Å². The first kappa shape index (κ1) is 16.9. The van der Waals surface area contributed by atoms with E-state index in [-0.39, 0.29) is 17.8 Å². The topological polar surface area (TPSA) is 92.4 Å². The molecule has 7 nitrogen and oxygen atoms in total. The van der Waals surface area contributed by atoms with E-state index in [2.05, 4.69) is 9.97 Å². The number of nitrogen functional groups attached to an aromatic ring is 1. The van der Waals surface area contributed by atoms with E-state index in [1.165, 1.54) is 6.20 Å². The molecule has 0 spiro atoms. The molecule has 25 heavy (non-hydrogen) atoms. The zero-order valence-electron chi connectivity index (χ0n) is 14.2. The molecule has 0 unspecified atom stereocenters. The van der Waals surface area contributed by atoms with Gasteiger partial charge in [0.15, 0.2) is 0 Å². The van der Waals surface area contributed by atoms with E-state index < -0.39 is 0 Å². The molecule has 0 aliphatic carbocycles. The fourth-order valence-corrected chi connectivity index (χ4v) is 2.97. The number of carbonyl (C=O) groups is 2. The van der Waals surface area contributed by atoms with Gasteiger partial charge in [0.25, 0.3) is 5.91 Å². The maximum absolute atomic E-state index is 13.0. The van der Waals surface area contributed by atoms with Crippen LogP contribution in [0.5, 0.6) is 0 Å². The number of benzene rings is 1. The summed E-state index contributed by atoms with van der Waals surface area (Å²) in [4.78, 5) is 36.4. The molecule has 1 fully saturated rings. The first-order valence-corrected chi connectivity index (χ1v) is 8.29. The average Bonchev–Trinajstić information content (AvgIpc) is 2.88. The highest BCUT2D eigenvalue weighted by Gasteiger charge is 2.24. The third-order valence-electron chi connectivity index (χ3n) is 4.31. The third kappa shape index (κ3) is 3.76. The van der Waals surface area contributed by atoms with E-state index in [1.54, 1.807) is 16.7 Å². The zero-order valence-corrected chi connectivity index (χ0v) is 14.2. The van der Waals surface area contributed by atoms with Crippen molar-refractivity contribution in [1.29, 1.82) is 0 Å². The Labute approximate surface area is 146 Å². The SMILES string of the molecule is CC(=O)N1CCCN(C(=O)c2cnc(N)nc2-c2ccccc2)CC1. The van der Waals surface area contributed by atoms with Crippen molar-refractivity contribution >= 4 is 17.8 Å². The number of hydrogen-bond donors (Lipinski definition) is 1. The lowest BCUT2D eigenvalue weighted by Crippen LogP contribution is -2.36. The molecule has 130 valence electrons. The second kappa shape index (κ2) is 7.29. The predicted octanol–water partition coefficient (Wildman–Crippen LogP) is 1.42. The molecular weight excluding hydrogens is 318 g/mol. The molecule has 1 saturated heterocycles. The van der Waals surface area contributed by atoms with Crippen molar-refractivity contribution in [2.45, 2.75) is 13.3 Å².